The van der Waals surface area contributed by atoms with Crippen LogP contribution in [0.1, 0.15) is 66.7 Å². The summed E-state index contributed by atoms with van der Waals surface area (Å²) in [5.41, 5.74) is 0.0189. The third kappa shape index (κ3) is 4.47. The highest BCUT2D eigenvalue weighted by Gasteiger charge is 2.33. The van der Waals surface area contributed by atoms with Crippen LogP contribution in [0.4, 0.5) is 0 Å². The number of nitrogens with one attached hydrogen (secondary N) is 1. The van der Waals surface area contributed by atoms with E-state index in [0.29, 0.717) is 11.6 Å². The molecule has 0 aliphatic carbocycles. The van der Waals surface area contributed by atoms with Crippen LogP contribution in [-0.2, 0) is 0 Å². The van der Waals surface area contributed by atoms with Crippen LogP contribution in [0.25, 0.3) is 0 Å². The lowest BCUT2D eigenvalue weighted by molar-refractivity contribution is 0.166. The summed E-state index contributed by atoms with van der Waals surface area (Å²) in [5, 5.41) is 13.0. The molecule has 0 aromatic heterocycles. The Bertz CT molecular complexity index is 316. The fraction of sp³-hybridized carbons (Fsp3) is 0.938. The van der Waals surface area contributed by atoms with Crippen molar-refractivity contribution in [3.8, 4) is 6.07 Å². The molecule has 0 spiro atoms. The average molecular weight is 265 g/mol. The van der Waals surface area contributed by atoms with E-state index in [1.54, 1.807) is 0 Å². The van der Waals surface area contributed by atoms with Crippen molar-refractivity contribution in [2.24, 2.45) is 0 Å². The Morgan fingerprint density at radius 3 is 2.53 bits per heavy atom. The predicted molar refractivity (Wildman–Crippen MR) is 81.0 cm³/mol. The minimum absolute atomic E-state index is 0.335. The Labute approximate surface area is 119 Å². The van der Waals surface area contributed by atoms with Crippen molar-refractivity contribution in [1.29, 1.82) is 5.26 Å². The van der Waals surface area contributed by atoms with Gasteiger partial charge in [-0.05, 0) is 72.9 Å². The first kappa shape index (κ1) is 16.5. The van der Waals surface area contributed by atoms with E-state index in [9.17, 15) is 5.26 Å². The fourth-order valence-corrected chi connectivity index (χ4v) is 3.22. The maximum atomic E-state index is 9.49. The molecule has 0 aromatic rings. The molecule has 1 fully saturated rings. The zero-order valence-electron chi connectivity index (χ0n) is 13.4. The maximum absolute atomic E-state index is 9.49. The van der Waals surface area contributed by atoms with Crippen LogP contribution in [0, 0.1) is 11.3 Å². The van der Waals surface area contributed by atoms with Crippen LogP contribution < -0.4 is 5.32 Å². The van der Waals surface area contributed by atoms with Crippen molar-refractivity contribution >= 4 is 0 Å². The summed E-state index contributed by atoms with van der Waals surface area (Å²) < 4.78 is 0. The lowest BCUT2D eigenvalue weighted by atomic mass is 9.90. The second-order valence-electron chi connectivity index (χ2n) is 6.85. The number of nitrogens with zero attached hydrogens (tertiary/aromatic N) is 2. The molecule has 0 amide bonds. The van der Waals surface area contributed by atoms with Gasteiger partial charge in [0.25, 0.3) is 0 Å². The van der Waals surface area contributed by atoms with Crippen LogP contribution in [0.3, 0.4) is 0 Å². The molecule has 1 aliphatic rings. The Balaban J connectivity index is 2.47. The normalized spacial score (nSPS) is 22.4. The van der Waals surface area contributed by atoms with Crippen molar-refractivity contribution in [1.82, 2.24) is 10.2 Å². The molecule has 0 aromatic carbocycles. The summed E-state index contributed by atoms with van der Waals surface area (Å²) in [6.45, 7) is 13.4. The van der Waals surface area contributed by atoms with Crippen LogP contribution in [-0.4, -0.2) is 35.1 Å². The van der Waals surface area contributed by atoms with Crippen molar-refractivity contribution in [2.45, 2.75) is 83.8 Å². The van der Waals surface area contributed by atoms with Gasteiger partial charge in [0.2, 0.25) is 0 Å². The van der Waals surface area contributed by atoms with E-state index in [1.165, 1.54) is 19.4 Å². The van der Waals surface area contributed by atoms with Crippen LogP contribution in [0.5, 0.6) is 0 Å². The van der Waals surface area contributed by atoms with Gasteiger partial charge in [0, 0.05) is 11.6 Å². The van der Waals surface area contributed by atoms with E-state index in [0.717, 1.165) is 25.8 Å². The largest absolute Gasteiger partial charge is 0.298 e. The van der Waals surface area contributed by atoms with Crippen molar-refractivity contribution in [3.63, 3.8) is 0 Å². The molecule has 1 heterocycles. The van der Waals surface area contributed by atoms with Crippen LogP contribution >= 0.6 is 0 Å². The Morgan fingerprint density at radius 1 is 1.42 bits per heavy atom. The molecule has 1 aliphatic heterocycles. The summed E-state index contributed by atoms with van der Waals surface area (Å²) in [7, 11) is 0. The molecule has 1 rings (SSSR count). The Morgan fingerprint density at radius 2 is 2.11 bits per heavy atom. The van der Waals surface area contributed by atoms with Gasteiger partial charge in [-0.1, -0.05) is 6.92 Å². The zero-order valence-corrected chi connectivity index (χ0v) is 13.4. The van der Waals surface area contributed by atoms with Crippen molar-refractivity contribution < 1.29 is 0 Å². The summed E-state index contributed by atoms with van der Waals surface area (Å²) in [6, 6.07) is 2.88. The first-order valence-corrected chi connectivity index (χ1v) is 7.79. The Hall–Kier alpha value is -0.590. The van der Waals surface area contributed by atoms with Crippen LogP contribution in [0.2, 0.25) is 0 Å². The molecule has 3 heteroatoms. The van der Waals surface area contributed by atoms with Gasteiger partial charge in [0.15, 0.2) is 0 Å². The molecule has 1 saturated heterocycles. The summed E-state index contributed by atoms with van der Waals surface area (Å²) in [6.07, 6.45) is 5.54. The lowest BCUT2D eigenvalue weighted by Crippen LogP contribution is -2.48. The van der Waals surface area contributed by atoms with Crippen molar-refractivity contribution in [3.05, 3.63) is 0 Å². The standard InChI is InChI=1S/C16H31N3/c1-6-16(13-17,18-14(2)3)10-8-12-19-11-7-9-15(19,4)5/h14,18H,6-12H2,1-5H3. The summed E-state index contributed by atoms with van der Waals surface area (Å²) in [4.78, 5) is 2.58. The SMILES string of the molecule is CCC(C#N)(CCCN1CCCC1(C)C)NC(C)C. The molecule has 3 nitrogen and oxygen atoms in total. The zero-order chi connectivity index (χ0) is 14.5. The number of nitriles is 1. The first-order chi connectivity index (χ1) is 8.85. The van der Waals surface area contributed by atoms with Crippen LogP contribution in [0.15, 0.2) is 0 Å². The highest BCUT2D eigenvalue weighted by molar-refractivity contribution is 5.07. The molecule has 1 unspecified atom stereocenters. The highest BCUT2D eigenvalue weighted by Crippen LogP contribution is 2.29. The number of likely N-dealkylation sites (tertiary alicyclic amines) is 1. The number of hydrogen-bond acceptors (Lipinski definition) is 3. The molecule has 0 saturated carbocycles. The topological polar surface area (TPSA) is 39.1 Å². The molecular weight excluding hydrogens is 234 g/mol. The quantitative estimate of drug-likeness (QED) is 0.767. The molecule has 0 radical (unpaired) electrons. The van der Waals surface area contributed by atoms with Gasteiger partial charge < -0.3 is 0 Å². The van der Waals surface area contributed by atoms with E-state index in [2.05, 4.69) is 50.9 Å². The minimum Gasteiger partial charge on any atom is -0.298 e. The third-order valence-electron chi connectivity index (χ3n) is 4.49. The second kappa shape index (κ2) is 6.72. The van der Waals surface area contributed by atoms with Gasteiger partial charge in [0.05, 0.1) is 6.07 Å². The third-order valence-corrected chi connectivity index (χ3v) is 4.49. The lowest BCUT2D eigenvalue weighted by Gasteiger charge is -2.34. The van der Waals surface area contributed by atoms with Gasteiger partial charge in [-0.15, -0.1) is 0 Å². The van der Waals surface area contributed by atoms with Crippen molar-refractivity contribution in [2.75, 3.05) is 13.1 Å². The van der Waals surface area contributed by atoms with E-state index in [4.69, 9.17) is 0 Å². The summed E-state index contributed by atoms with van der Waals surface area (Å²) >= 11 is 0. The molecule has 1 N–H and O–H groups in total. The minimum atomic E-state index is -0.335. The maximum Gasteiger partial charge on any atom is 0.106 e. The second-order valence-corrected chi connectivity index (χ2v) is 6.85. The van der Waals surface area contributed by atoms with E-state index in [1.807, 2.05) is 0 Å². The van der Waals surface area contributed by atoms with Gasteiger partial charge in [-0.25, -0.2) is 0 Å². The van der Waals surface area contributed by atoms with Gasteiger partial charge in [-0.2, -0.15) is 5.26 Å². The highest BCUT2D eigenvalue weighted by atomic mass is 15.2. The van der Waals surface area contributed by atoms with Gasteiger partial charge >= 0.3 is 0 Å². The smallest absolute Gasteiger partial charge is 0.106 e. The molecule has 0 bridgehead atoms. The summed E-state index contributed by atoms with van der Waals surface area (Å²) in [5.74, 6) is 0. The number of rotatable bonds is 7. The van der Waals surface area contributed by atoms with E-state index in [-0.39, 0.29) is 5.54 Å². The molecule has 110 valence electrons. The predicted octanol–water partition coefficient (Wildman–Crippen LogP) is 3.31. The van der Waals surface area contributed by atoms with Gasteiger partial charge in [0.1, 0.15) is 5.54 Å². The van der Waals surface area contributed by atoms with E-state index < -0.39 is 0 Å². The van der Waals surface area contributed by atoms with E-state index >= 15 is 0 Å². The fourth-order valence-electron chi connectivity index (χ4n) is 3.22. The molecule has 1 atom stereocenters. The Kier molecular flexibility index (Phi) is 5.82. The monoisotopic (exact) mass is 265 g/mol. The van der Waals surface area contributed by atoms with Gasteiger partial charge in [-0.3, -0.25) is 10.2 Å². The number of hydrogen-bond donors (Lipinski definition) is 1. The molecular formula is C16H31N3. The average Bonchev–Trinajstić information content (AvgIpc) is 2.67. The molecule has 19 heavy (non-hydrogen) atoms. The first-order valence-electron chi connectivity index (χ1n) is 7.79.